The van der Waals surface area contributed by atoms with Gasteiger partial charge in [0, 0.05) is 63.5 Å². The summed E-state index contributed by atoms with van der Waals surface area (Å²) in [5, 5.41) is 3.79. The molecule has 0 radical (unpaired) electrons. The van der Waals surface area contributed by atoms with E-state index in [0.717, 1.165) is 65.9 Å². The Kier molecular flexibility index (Phi) is 6.26. The second kappa shape index (κ2) is 9.48. The van der Waals surface area contributed by atoms with Crippen LogP contribution in [0.15, 0.2) is 54.9 Å². The summed E-state index contributed by atoms with van der Waals surface area (Å²) in [7, 11) is 4.04. The van der Waals surface area contributed by atoms with E-state index in [9.17, 15) is 4.79 Å². The van der Waals surface area contributed by atoms with Crippen LogP contribution in [-0.4, -0.2) is 67.7 Å². The highest BCUT2D eigenvalue weighted by Gasteiger charge is 2.28. The fraction of sp³-hybridized carbons (Fsp3) is 0.320. The van der Waals surface area contributed by atoms with Crippen LogP contribution < -0.4 is 20.0 Å². The van der Waals surface area contributed by atoms with Gasteiger partial charge >= 0.3 is 6.03 Å². The molecule has 3 aromatic rings. The van der Waals surface area contributed by atoms with Crippen LogP contribution in [0.3, 0.4) is 0 Å². The van der Waals surface area contributed by atoms with Crippen molar-refractivity contribution in [2.75, 3.05) is 66.8 Å². The number of carbonyl (C=O) groups excluding carboxylic acids is 1. The van der Waals surface area contributed by atoms with Gasteiger partial charge in [0.2, 0.25) is 5.95 Å². The van der Waals surface area contributed by atoms with Crippen molar-refractivity contribution in [1.29, 1.82) is 0 Å². The SMILES string of the molecule is CN1CCN(c2cc3c(cc2Cl)CCN3C(=O)Nc2ccc(N(C)c3ncccn3)cc2)CC1. The zero-order chi connectivity index (χ0) is 23.7. The predicted molar refractivity (Wildman–Crippen MR) is 138 cm³/mol. The lowest BCUT2D eigenvalue weighted by molar-refractivity contribution is 0.257. The third-order valence-corrected chi connectivity index (χ3v) is 6.79. The normalized spacial score (nSPS) is 15.9. The van der Waals surface area contributed by atoms with E-state index in [-0.39, 0.29) is 6.03 Å². The molecule has 0 spiro atoms. The van der Waals surface area contributed by atoms with Crippen LogP contribution in [0.1, 0.15) is 5.56 Å². The Balaban J connectivity index is 1.30. The molecule has 8 nitrogen and oxygen atoms in total. The van der Waals surface area contributed by atoms with E-state index in [1.54, 1.807) is 18.5 Å². The number of aromatic nitrogens is 2. The number of nitrogens with one attached hydrogen (secondary N) is 1. The van der Waals surface area contributed by atoms with Crippen LogP contribution in [-0.2, 0) is 6.42 Å². The molecule has 5 rings (SSSR count). The number of halogens is 1. The number of benzene rings is 2. The summed E-state index contributed by atoms with van der Waals surface area (Å²) in [5.41, 5.74) is 4.72. The zero-order valence-corrected chi connectivity index (χ0v) is 20.2. The number of anilines is 5. The first kappa shape index (κ1) is 22.4. The molecule has 2 aliphatic heterocycles. The van der Waals surface area contributed by atoms with Gasteiger partial charge in [-0.25, -0.2) is 14.8 Å². The lowest BCUT2D eigenvalue weighted by atomic mass is 10.1. The van der Waals surface area contributed by atoms with Crippen molar-refractivity contribution < 1.29 is 4.79 Å². The predicted octanol–water partition coefficient (Wildman–Crippen LogP) is 4.24. The van der Waals surface area contributed by atoms with Crippen LogP contribution >= 0.6 is 11.6 Å². The number of carbonyl (C=O) groups is 1. The monoisotopic (exact) mass is 477 g/mol. The number of hydrogen-bond donors (Lipinski definition) is 1. The highest BCUT2D eigenvalue weighted by atomic mass is 35.5. The van der Waals surface area contributed by atoms with E-state index >= 15 is 0 Å². The van der Waals surface area contributed by atoms with Crippen molar-refractivity contribution >= 4 is 46.3 Å². The Hall–Kier alpha value is -3.36. The largest absolute Gasteiger partial charge is 0.368 e. The van der Waals surface area contributed by atoms with Crippen LogP contribution in [0, 0.1) is 0 Å². The molecule has 3 heterocycles. The van der Waals surface area contributed by atoms with Crippen LogP contribution in [0.4, 0.5) is 33.5 Å². The standard InChI is InChI=1S/C25H28ClN7O/c1-30-12-14-32(15-13-30)23-17-22-18(16-21(23)26)8-11-33(22)25(34)29-19-4-6-20(7-5-19)31(2)24-27-9-3-10-28-24/h3-7,9-10,16-17H,8,11-15H2,1-2H3,(H,29,34). The quantitative estimate of drug-likeness (QED) is 0.606. The van der Waals surface area contributed by atoms with E-state index < -0.39 is 0 Å². The van der Waals surface area contributed by atoms with Crippen LogP contribution in [0.5, 0.6) is 0 Å². The van der Waals surface area contributed by atoms with Crippen molar-refractivity contribution in [3.8, 4) is 0 Å². The third-order valence-electron chi connectivity index (χ3n) is 6.49. The first-order valence-corrected chi connectivity index (χ1v) is 11.8. The van der Waals surface area contributed by atoms with Gasteiger partial charge in [0.05, 0.1) is 16.4 Å². The van der Waals surface area contributed by atoms with Crippen LogP contribution in [0.2, 0.25) is 5.02 Å². The fourth-order valence-corrected chi connectivity index (χ4v) is 4.74. The average Bonchev–Trinajstić information content (AvgIpc) is 3.27. The van der Waals surface area contributed by atoms with Gasteiger partial charge in [0.25, 0.3) is 0 Å². The van der Waals surface area contributed by atoms with Gasteiger partial charge in [-0.15, -0.1) is 0 Å². The maximum Gasteiger partial charge on any atom is 0.326 e. The van der Waals surface area contributed by atoms with Crippen LogP contribution in [0.25, 0.3) is 0 Å². The molecule has 1 fully saturated rings. The van der Waals surface area contributed by atoms with E-state index in [0.29, 0.717) is 12.5 Å². The number of hydrogen-bond acceptors (Lipinski definition) is 6. The molecular formula is C25H28ClN7O. The van der Waals surface area contributed by atoms with Crippen molar-refractivity contribution in [1.82, 2.24) is 14.9 Å². The number of urea groups is 1. The van der Waals surface area contributed by atoms with Crippen molar-refractivity contribution in [3.63, 3.8) is 0 Å². The summed E-state index contributed by atoms with van der Waals surface area (Å²) >= 11 is 6.63. The molecule has 2 aliphatic rings. The lowest BCUT2D eigenvalue weighted by Crippen LogP contribution is -2.44. The summed E-state index contributed by atoms with van der Waals surface area (Å²) < 4.78 is 0. The van der Waals surface area contributed by atoms with Gasteiger partial charge in [-0.1, -0.05) is 11.6 Å². The molecule has 0 unspecified atom stereocenters. The molecule has 0 aliphatic carbocycles. The number of nitrogens with zero attached hydrogens (tertiary/aromatic N) is 6. The minimum atomic E-state index is -0.141. The molecule has 9 heteroatoms. The summed E-state index contributed by atoms with van der Waals surface area (Å²) in [6.45, 7) is 4.49. The maximum atomic E-state index is 13.2. The minimum absolute atomic E-state index is 0.141. The number of piperazine rings is 1. The molecule has 1 saturated heterocycles. The molecule has 2 aromatic carbocycles. The van der Waals surface area contributed by atoms with Gasteiger partial charge in [0.1, 0.15) is 0 Å². The highest BCUT2D eigenvalue weighted by Crippen LogP contribution is 2.38. The molecule has 0 bridgehead atoms. The first-order chi connectivity index (χ1) is 16.5. The zero-order valence-electron chi connectivity index (χ0n) is 19.4. The molecule has 176 valence electrons. The van der Waals surface area contributed by atoms with Gasteiger partial charge < -0.3 is 20.0 Å². The Bertz CT molecular complexity index is 1160. The summed E-state index contributed by atoms with van der Waals surface area (Å²) in [5.74, 6) is 0.614. The Labute approximate surface area is 204 Å². The number of amides is 2. The molecule has 2 amide bonds. The van der Waals surface area contributed by atoms with Gasteiger partial charge in [-0.3, -0.25) is 4.90 Å². The van der Waals surface area contributed by atoms with Gasteiger partial charge in [0.15, 0.2) is 0 Å². The first-order valence-electron chi connectivity index (χ1n) is 11.4. The van der Waals surface area contributed by atoms with E-state index in [2.05, 4.69) is 38.2 Å². The second-order valence-corrected chi connectivity index (χ2v) is 9.12. The number of fused-ring (bicyclic) bond motifs is 1. The summed E-state index contributed by atoms with van der Waals surface area (Å²) in [6.07, 6.45) is 4.22. The second-order valence-electron chi connectivity index (χ2n) is 8.71. The Morgan fingerprint density at radius 2 is 1.71 bits per heavy atom. The molecular weight excluding hydrogens is 450 g/mol. The van der Waals surface area contributed by atoms with Crippen molar-refractivity contribution in [2.45, 2.75) is 6.42 Å². The van der Waals surface area contributed by atoms with Gasteiger partial charge in [-0.05, 0) is 61.5 Å². The Morgan fingerprint density at radius 1 is 1.00 bits per heavy atom. The topological polar surface area (TPSA) is 67.8 Å². The average molecular weight is 478 g/mol. The smallest absolute Gasteiger partial charge is 0.326 e. The fourth-order valence-electron chi connectivity index (χ4n) is 4.44. The molecule has 34 heavy (non-hydrogen) atoms. The minimum Gasteiger partial charge on any atom is -0.368 e. The number of likely N-dealkylation sites (N-methyl/N-ethyl adjacent to an activating group) is 1. The molecule has 1 aromatic heterocycles. The molecule has 0 saturated carbocycles. The van der Waals surface area contributed by atoms with Crippen molar-refractivity contribution in [2.24, 2.45) is 0 Å². The molecule has 0 atom stereocenters. The van der Waals surface area contributed by atoms with E-state index in [1.165, 1.54) is 0 Å². The summed E-state index contributed by atoms with van der Waals surface area (Å²) in [6, 6.07) is 13.4. The summed E-state index contributed by atoms with van der Waals surface area (Å²) in [4.78, 5) is 30.0. The number of rotatable bonds is 4. The maximum absolute atomic E-state index is 13.2. The van der Waals surface area contributed by atoms with E-state index in [4.69, 9.17) is 11.6 Å². The van der Waals surface area contributed by atoms with E-state index in [1.807, 2.05) is 47.2 Å². The van der Waals surface area contributed by atoms with Crippen molar-refractivity contribution in [3.05, 3.63) is 65.4 Å². The van der Waals surface area contributed by atoms with Gasteiger partial charge in [-0.2, -0.15) is 0 Å². The Morgan fingerprint density at radius 3 is 2.41 bits per heavy atom. The molecule has 1 N–H and O–H groups in total. The third kappa shape index (κ3) is 4.51. The lowest BCUT2D eigenvalue weighted by Gasteiger charge is -2.35. The highest BCUT2D eigenvalue weighted by molar-refractivity contribution is 6.33.